The SMILES string of the molecule is C#CC(=O)CC.CCC(=O)CC(Sc1ccc(C)cc1)Sc1ccc(C)cc1. The van der Waals surface area contributed by atoms with Gasteiger partial charge in [-0.1, -0.05) is 49.2 Å². The number of terminal acetylenes is 1. The molecular formula is C24H28O2S2. The van der Waals surface area contributed by atoms with Crippen LogP contribution in [0.4, 0.5) is 0 Å². The van der Waals surface area contributed by atoms with Gasteiger partial charge in [0.25, 0.3) is 0 Å². The van der Waals surface area contributed by atoms with Crippen LogP contribution < -0.4 is 0 Å². The quantitative estimate of drug-likeness (QED) is 0.215. The van der Waals surface area contributed by atoms with Gasteiger partial charge in [0.1, 0.15) is 5.78 Å². The first-order valence-corrected chi connectivity index (χ1v) is 11.1. The Hall–Kier alpha value is -1.96. The Kier molecular flexibility index (Phi) is 11.4. The number of hydrogen-bond acceptors (Lipinski definition) is 4. The van der Waals surface area contributed by atoms with Gasteiger partial charge in [-0.2, -0.15) is 0 Å². The summed E-state index contributed by atoms with van der Waals surface area (Å²) in [7, 11) is 0. The van der Waals surface area contributed by atoms with E-state index in [4.69, 9.17) is 0 Å². The highest BCUT2D eigenvalue weighted by molar-refractivity contribution is 8.17. The summed E-state index contributed by atoms with van der Waals surface area (Å²) < 4.78 is 0.220. The van der Waals surface area contributed by atoms with E-state index in [-0.39, 0.29) is 10.4 Å². The van der Waals surface area contributed by atoms with E-state index in [1.165, 1.54) is 20.9 Å². The topological polar surface area (TPSA) is 34.1 Å². The number of benzene rings is 2. The number of aryl methyl sites for hydroxylation is 2. The Morgan fingerprint density at radius 2 is 1.29 bits per heavy atom. The van der Waals surface area contributed by atoms with Gasteiger partial charge in [0, 0.05) is 29.1 Å². The fourth-order valence-electron chi connectivity index (χ4n) is 2.08. The van der Waals surface area contributed by atoms with Gasteiger partial charge in [-0.3, -0.25) is 9.59 Å². The Morgan fingerprint density at radius 3 is 1.57 bits per heavy atom. The normalized spacial score (nSPS) is 10.0. The minimum absolute atomic E-state index is 0.130. The third-order valence-electron chi connectivity index (χ3n) is 3.85. The lowest BCUT2D eigenvalue weighted by Crippen LogP contribution is -2.06. The molecule has 0 amide bonds. The van der Waals surface area contributed by atoms with Crippen LogP contribution in [0.3, 0.4) is 0 Å². The first-order valence-electron chi connectivity index (χ1n) is 9.35. The van der Waals surface area contributed by atoms with Crippen LogP contribution in [0.15, 0.2) is 58.3 Å². The van der Waals surface area contributed by atoms with Crippen molar-refractivity contribution in [3.05, 3.63) is 59.7 Å². The molecule has 0 radical (unpaired) electrons. The van der Waals surface area contributed by atoms with E-state index in [0.717, 1.165) is 0 Å². The molecule has 0 fully saturated rings. The second kappa shape index (κ2) is 13.3. The largest absolute Gasteiger partial charge is 0.300 e. The fraction of sp³-hybridized carbons (Fsp3) is 0.333. The maximum atomic E-state index is 11.9. The summed E-state index contributed by atoms with van der Waals surface area (Å²) in [6.45, 7) is 7.86. The van der Waals surface area contributed by atoms with Crippen LogP contribution in [0.5, 0.6) is 0 Å². The third-order valence-corrected chi connectivity index (χ3v) is 6.37. The van der Waals surface area contributed by atoms with Gasteiger partial charge in [0.2, 0.25) is 5.78 Å². The third kappa shape index (κ3) is 9.82. The van der Waals surface area contributed by atoms with Crippen LogP contribution in [-0.4, -0.2) is 16.1 Å². The number of Topliss-reactive ketones (excluding diaryl/α,β-unsaturated/α-hetero) is 2. The lowest BCUT2D eigenvalue weighted by atomic mass is 10.2. The molecule has 148 valence electrons. The molecule has 0 saturated heterocycles. The molecule has 2 aromatic rings. The van der Waals surface area contributed by atoms with Gasteiger partial charge in [-0.05, 0) is 44.0 Å². The lowest BCUT2D eigenvalue weighted by molar-refractivity contribution is -0.118. The zero-order chi connectivity index (χ0) is 20.9. The predicted molar refractivity (Wildman–Crippen MR) is 122 cm³/mol. The van der Waals surface area contributed by atoms with E-state index in [1.54, 1.807) is 30.4 Å². The summed E-state index contributed by atoms with van der Waals surface area (Å²) >= 11 is 3.56. The smallest absolute Gasteiger partial charge is 0.204 e. The van der Waals surface area contributed by atoms with Crippen molar-refractivity contribution in [2.24, 2.45) is 0 Å². The van der Waals surface area contributed by atoms with Gasteiger partial charge in [0.15, 0.2) is 0 Å². The molecule has 0 unspecified atom stereocenters. The van der Waals surface area contributed by atoms with Crippen molar-refractivity contribution in [2.45, 2.75) is 61.3 Å². The second-order valence-electron chi connectivity index (χ2n) is 6.31. The molecule has 4 heteroatoms. The molecule has 0 atom stereocenters. The van der Waals surface area contributed by atoms with E-state index in [9.17, 15) is 9.59 Å². The molecule has 2 nitrogen and oxygen atoms in total. The zero-order valence-corrected chi connectivity index (χ0v) is 18.7. The average Bonchev–Trinajstić information content (AvgIpc) is 2.71. The van der Waals surface area contributed by atoms with Crippen molar-refractivity contribution in [1.29, 1.82) is 0 Å². The van der Waals surface area contributed by atoms with Crippen molar-refractivity contribution in [3.8, 4) is 12.3 Å². The van der Waals surface area contributed by atoms with E-state index in [1.807, 2.05) is 12.8 Å². The van der Waals surface area contributed by atoms with Crippen molar-refractivity contribution in [1.82, 2.24) is 0 Å². The van der Waals surface area contributed by atoms with E-state index in [0.29, 0.717) is 25.0 Å². The number of thioether (sulfide) groups is 2. The number of rotatable bonds is 8. The number of ketones is 2. The molecule has 0 aliphatic rings. The molecule has 0 saturated carbocycles. The highest BCUT2D eigenvalue weighted by atomic mass is 32.2. The van der Waals surface area contributed by atoms with Crippen LogP contribution in [0, 0.1) is 26.2 Å². The first kappa shape index (κ1) is 24.1. The molecule has 2 aromatic carbocycles. The van der Waals surface area contributed by atoms with Crippen molar-refractivity contribution in [2.75, 3.05) is 0 Å². The molecule has 2 rings (SSSR count). The van der Waals surface area contributed by atoms with Crippen LogP contribution in [0.25, 0.3) is 0 Å². The van der Waals surface area contributed by atoms with E-state index >= 15 is 0 Å². The highest BCUT2D eigenvalue weighted by Crippen LogP contribution is 2.38. The monoisotopic (exact) mass is 412 g/mol. The van der Waals surface area contributed by atoms with Crippen LogP contribution in [0.1, 0.15) is 44.2 Å². The van der Waals surface area contributed by atoms with Crippen molar-refractivity contribution < 1.29 is 9.59 Å². The summed E-state index contributed by atoms with van der Waals surface area (Å²) in [6, 6.07) is 17.0. The zero-order valence-electron chi connectivity index (χ0n) is 17.0. The average molecular weight is 413 g/mol. The summed E-state index contributed by atoms with van der Waals surface area (Å²) in [6.07, 6.45) is 6.35. The molecule has 28 heavy (non-hydrogen) atoms. The molecule has 0 spiro atoms. The number of carbonyl (C=O) groups excluding carboxylic acids is 2. The van der Waals surface area contributed by atoms with Gasteiger partial charge >= 0.3 is 0 Å². The second-order valence-corrected chi connectivity index (χ2v) is 9.16. The highest BCUT2D eigenvalue weighted by Gasteiger charge is 2.16. The maximum Gasteiger partial charge on any atom is 0.204 e. The van der Waals surface area contributed by atoms with Crippen LogP contribution >= 0.6 is 23.5 Å². The van der Waals surface area contributed by atoms with E-state index < -0.39 is 0 Å². The Labute approximate surface area is 177 Å². The van der Waals surface area contributed by atoms with Gasteiger partial charge in [0.05, 0.1) is 4.58 Å². The van der Waals surface area contributed by atoms with Gasteiger partial charge in [-0.25, -0.2) is 0 Å². The predicted octanol–water partition coefficient (Wildman–Crippen LogP) is 6.48. The molecule has 0 N–H and O–H groups in total. The molecule has 0 aliphatic heterocycles. The Morgan fingerprint density at radius 1 is 0.857 bits per heavy atom. The molecular weight excluding hydrogens is 384 g/mol. The minimum atomic E-state index is -0.130. The molecule has 0 aliphatic carbocycles. The molecule has 0 heterocycles. The summed E-state index contributed by atoms with van der Waals surface area (Å²) in [5.74, 6) is 2.17. The standard InChI is InChI=1S/C19H22OS2.C5H6O/c1-4-16(20)13-19(21-17-9-5-14(2)6-10-17)22-18-11-7-15(3)8-12-18;1-3-5(6)4-2/h5-12,19H,4,13H2,1-3H3;1H,4H2,2H3. The van der Waals surface area contributed by atoms with Gasteiger partial charge in [-0.15, -0.1) is 29.9 Å². The molecule has 0 bridgehead atoms. The summed E-state index contributed by atoms with van der Waals surface area (Å²) in [5.41, 5.74) is 2.52. The van der Waals surface area contributed by atoms with Gasteiger partial charge < -0.3 is 0 Å². The Balaban J connectivity index is 0.000000568. The first-order chi connectivity index (χ1) is 13.4. The lowest BCUT2D eigenvalue weighted by Gasteiger charge is -2.16. The van der Waals surface area contributed by atoms with Crippen molar-refractivity contribution >= 4 is 35.1 Å². The summed E-state index contributed by atoms with van der Waals surface area (Å²) in [5, 5.41) is 0. The Bertz CT molecular complexity index is 739. The maximum absolute atomic E-state index is 11.9. The minimum Gasteiger partial charge on any atom is -0.300 e. The number of hydrogen-bond donors (Lipinski definition) is 0. The van der Waals surface area contributed by atoms with Crippen LogP contribution in [-0.2, 0) is 9.59 Å². The van der Waals surface area contributed by atoms with Crippen LogP contribution in [0.2, 0.25) is 0 Å². The van der Waals surface area contributed by atoms with E-state index in [2.05, 4.69) is 68.8 Å². The summed E-state index contributed by atoms with van der Waals surface area (Å²) in [4.78, 5) is 24.3. The fourth-order valence-corrected chi connectivity index (χ4v) is 4.67. The van der Waals surface area contributed by atoms with Crippen molar-refractivity contribution in [3.63, 3.8) is 0 Å². The molecule has 0 aromatic heterocycles. The number of carbonyl (C=O) groups is 2.